The molecule has 0 aromatic heterocycles. The number of nitrogens with two attached hydrogens (primary N) is 1. The maximum atomic E-state index is 9.64. The molecule has 0 spiro atoms. The predicted octanol–water partition coefficient (Wildman–Crippen LogP) is 0.639. The molecule has 0 aromatic carbocycles. The molecule has 2 heteroatoms. The lowest BCUT2D eigenvalue weighted by molar-refractivity contribution is 0.0267. The first kappa shape index (κ1) is 7.03. The lowest BCUT2D eigenvalue weighted by Gasteiger charge is -2.26. The van der Waals surface area contributed by atoms with Crippen molar-refractivity contribution in [1.29, 1.82) is 0 Å². The van der Waals surface area contributed by atoms with E-state index in [-0.39, 0.29) is 6.04 Å². The molecule has 1 rings (SSSR count). The molecule has 3 N–H and O–H groups in total. The van der Waals surface area contributed by atoms with Gasteiger partial charge in [0.2, 0.25) is 0 Å². The van der Waals surface area contributed by atoms with Gasteiger partial charge in [-0.05, 0) is 19.8 Å². The number of hydrogen-bond acceptors (Lipinski definition) is 2. The van der Waals surface area contributed by atoms with Crippen LogP contribution in [0.1, 0.15) is 32.6 Å². The molecule has 0 amide bonds. The molecular formula is C7H15NO. The van der Waals surface area contributed by atoms with E-state index < -0.39 is 5.60 Å². The van der Waals surface area contributed by atoms with Gasteiger partial charge < -0.3 is 10.8 Å². The van der Waals surface area contributed by atoms with Gasteiger partial charge in [-0.15, -0.1) is 0 Å². The van der Waals surface area contributed by atoms with Crippen LogP contribution in [-0.4, -0.2) is 16.7 Å². The SMILES string of the molecule is C[C@@H](N)C1(O)CCCC1. The van der Waals surface area contributed by atoms with Gasteiger partial charge in [-0.3, -0.25) is 0 Å². The van der Waals surface area contributed by atoms with Crippen LogP contribution in [0.2, 0.25) is 0 Å². The van der Waals surface area contributed by atoms with Gasteiger partial charge in [0, 0.05) is 6.04 Å². The Bertz CT molecular complexity index is 95.1. The third-order valence-corrected chi connectivity index (χ3v) is 2.32. The fourth-order valence-corrected chi connectivity index (χ4v) is 1.44. The Hall–Kier alpha value is -0.0800. The van der Waals surface area contributed by atoms with Crippen LogP contribution in [0.3, 0.4) is 0 Å². The van der Waals surface area contributed by atoms with E-state index in [2.05, 4.69) is 0 Å². The summed E-state index contributed by atoms with van der Waals surface area (Å²) in [7, 11) is 0. The minimum absolute atomic E-state index is 0.0556. The summed E-state index contributed by atoms with van der Waals surface area (Å²) >= 11 is 0. The van der Waals surface area contributed by atoms with Gasteiger partial charge in [0.05, 0.1) is 5.60 Å². The van der Waals surface area contributed by atoms with E-state index in [1.165, 1.54) is 0 Å². The molecule has 0 unspecified atom stereocenters. The van der Waals surface area contributed by atoms with Crippen molar-refractivity contribution in [3.63, 3.8) is 0 Å². The number of rotatable bonds is 1. The summed E-state index contributed by atoms with van der Waals surface area (Å²) in [6.45, 7) is 1.88. The van der Waals surface area contributed by atoms with E-state index in [4.69, 9.17) is 5.73 Å². The van der Waals surface area contributed by atoms with Gasteiger partial charge in [0.25, 0.3) is 0 Å². The van der Waals surface area contributed by atoms with E-state index in [9.17, 15) is 5.11 Å². The van der Waals surface area contributed by atoms with Crippen LogP contribution >= 0.6 is 0 Å². The largest absolute Gasteiger partial charge is 0.388 e. The Morgan fingerprint density at radius 1 is 1.44 bits per heavy atom. The van der Waals surface area contributed by atoms with Gasteiger partial charge >= 0.3 is 0 Å². The third kappa shape index (κ3) is 1.25. The van der Waals surface area contributed by atoms with E-state index in [1.807, 2.05) is 6.92 Å². The maximum absolute atomic E-state index is 9.64. The lowest BCUT2D eigenvalue weighted by Crippen LogP contribution is -2.43. The maximum Gasteiger partial charge on any atom is 0.0795 e. The van der Waals surface area contributed by atoms with E-state index in [1.54, 1.807) is 0 Å². The minimum atomic E-state index is -0.528. The molecule has 0 saturated heterocycles. The standard InChI is InChI=1S/C7H15NO/c1-6(8)7(9)4-2-3-5-7/h6,9H,2-5,8H2,1H3/t6-/m1/s1. The van der Waals surface area contributed by atoms with Crippen LogP contribution in [-0.2, 0) is 0 Å². The summed E-state index contributed by atoms with van der Waals surface area (Å²) in [6, 6.07) is -0.0556. The minimum Gasteiger partial charge on any atom is -0.388 e. The Morgan fingerprint density at radius 3 is 2.11 bits per heavy atom. The molecule has 0 bridgehead atoms. The van der Waals surface area contributed by atoms with Gasteiger partial charge in [0.15, 0.2) is 0 Å². The van der Waals surface area contributed by atoms with Gasteiger partial charge in [-0.25, -0.2) is 0 Å². The van der Waals surface area contributed by atoms with E-state index in [0.717, 1.165) is 25.7 Å². The predicted molar refractivity (Wildman–Crippen MR) is 37.1 cm³/mol. The Morgan fingerprint density at radius 2 is 1.89 bits per heavy atom. The first-order valence-electron chi connectivity index (χ1n) is 3.63. The van der Waals surface area contributed by atoms with E-state index in [0.29, 0.717) is 0 Å². The highest BCUT2D eigenvalue weighted by molar-refractivity contribution is 4.90. The van der Waals surface area contributed by atoms with Gasteiger partial charge in [0.1, 0.15) is 0 Å². The average molecular weight is 129 g/mol. The zero-order valence-corrected chi connectivity index (χ0v) is 5.93. The fraction of sp³-hybridized carbons (Fsp3) is 1.00. The van der Waals surface area contributed by atoms with Crippen molar-refractivity contribution in [3.05, 3.63) is 0 Å². The number of aliphatic hydroxyl groups is 1. The van der Waals surface area contributed by atoms with Crippen molar-refractivity contribution in [3.8, 4) is 0 Å². The molecule has 9 heavy (non-hydrogen) atoms. The molecule has 54 valence electrons. The normalized spacial score (nSPS) is 28.3. The Labute approximate surface area is 56.1 Å². The molecule has 1 aliphatic rings. The first-order valence-corrected chi connectivity index (χ1v) is 3.63. The highest BCUT2D eigenvalue weighted by Gasteiger charge is 2.34. The van der Waals surface area contributed by atoms with Crippen LogP contribution in [0, 0.1) is 0 Å². The molecule has 0 radical (unpaired) electrons. The summed E-state index contributed by atoms with van der Waals surface area (Å²) in [6.07, 6.45) is 4.06. The zero-order valence-electron chi connectivity index (χ0n) is 5.93. The van der Waals surface area contributed by atoms with E-state index >= 15 is 0 Å². The summed E-state index contributed by atoms with van der Waals surface area (Å²) in [5, 5.41) is 9.64. The smallest absolute Gasteiger partial charge is 0.0795 e. The summed E-state index contributed by atoms with van der Waals surface area (Å²) < 4.78 is 0. The number of hydrogen-bond donors (Lipinski definition) is 2. The Kier molecular flexibility index (Phi) is 1.78. The summed E-state index contributed by atoms with van der Waals surface area (Å²) in [5.41, 5.74) is 5.05. The van der Waals surface area contributed by atoms with Crippen molar-refractivity contribution in [2.75, 3.05) is 0 Å². The molecule has 1 fully saturated rings. The van der Waals surface area contributed by atoms with Gasteiger partial charge in [-0.1, -0.05) is 12.8 Å². The van der Waals surface area contributed by atoms with Crippen LogP contribution in [0.25, 0.3) is 0 Å². The second kappa shape index (κ2) is 2.27. The van der Waals surface area contributed by atoms with Crippen LogP contribution in [0.5, 0.6) is 0 Å². The summed E-state index contributed by atoms with van der Waals surface area (Å²) in [4.78, 5) is 0. The molecule has 0 aromatic rings. The van der Waals surface area contributed by atoms with Crippen molar-refractivity contribution < 1.29 is 5.11 Å². The summed E-state index contributed by atoms with van der Waals surface area (Å²) in [5.74, 6) is 0. The molecule has 1 aliphatic carbocycles. The molecular weight excluding hydrogens is 114 g/mol. The van der Waals surface area contributed by atoms with Crippen molar-refractivity contribution in [1.82, 2.24) is 0 Å². The monoisotopic (exact) mass is 129 g/mol. The Balaban J connectivity index is 2.51. The average Bonchev–Trinajstić information content (AvgIpc) is 2.16. The molecule has 1 saturated carbocycles. The molecule has 1 atom stereocenters. The second-order valence-corrected chi connectivity index (χ2v) is 3.10. The van der Waals surface area contributed by atoms with Crippen molar-refractivity contribution >= 4 is 0 Å². The van der Waals surface area contributed by atoms with Crippen LogP contribution in [0.4, 0.5) is 0 Å². The van der Waals surface area contributed by atoms with Crippen LogP contribution in [0.15, 0.2) is 0 Å². The zero-order chi connectivity index (χ0) is 6.91. The lowest BCUT2D eigenvalue weighted by atomic mass is 9.95. The van der Waals surface area contributed by atoms with Crippen LogP contribution < -0.4 is 5.73 Å². The molecule has 0 aliphatic heterocycles. The van der Waals surface area contributed by atoms with Crippen molar-refractivity contribution in [2.45, 2.75) is 44.2 Å². The van der Waals surface area contributed by atoms with Crippen molar-refractivity contribution in [2.24, 2.45) is 5.73 Å². The highest BCUT2D eigenvalue weighted by Crippen LogP contribution is 2.31. The first-order chi connectivity index (χ1) is 4.15. The third-order valence-electron chi connectivity index (χ3n) is 2.32. The van der Waals surface area contributed by atoms with Gasteiger partial charge in [-0.2, -0.15) is 0 Å². The quantitative estimate of drug-likeness (QED) is 0.545. The topological polar surface area (TPSA) is 46.2 Å². The molecule has 0 heterocycles. The highest BCUT2D eigenvalue weighted by atomic mass is 16.3. The molecule has 2 nitrogen and oxygen atoms in total. The fourth-order valence-electron chi connectivity index (χ4n) is 1.44. The second-order valence-electron chi connectivity index (χ2n) is 3.10.